The summed E-state index contributed by atoms with van der Waals surface area (Å²) in [5, 5.41) is 0. The van der Waals surface area contributed by atoms with E-state index >= 15 is 0 Å². The van der Waals surface area contributed by atoms with E-state index in [0.29, 0.717) is 22.7 Å². The van der Waals surface area contributed by atoms with Gasteiger partial charge in [0.05, 0.1) is 12.7 Å². The summed E-state index contributed by atoms with van der Waals surface area (Å²) in [6.07, 6.45) is 4.46. The molecule has 0 fully saturated rings. The minimum atomic E-state index is -0.189. The Bertz CT molecular complexity index is 512. The summed E-state index contributed by atoms with van der Waals surface area (Å²) in [6, 6.07) is 3.60. The third-order valence-corrected chi connectivity index (χ3v) is 2.58. The Morgan fingerprint density at radius 1 is 1.47 bits per heavy atom. The average Bonchev–Trinajstić information content (AvgIpc) is 2.75. The zero-order chi connectivity index (χ0) is 12.3. The third kappa shape index (κ3) is 2.91. The Kier molecular flexibility index (Phi) is 3.53. The molecule has 0 saturated carbocycles. The van der Waals surface area contributed by atoms with Gasteiger partial charge in [0, 0.05) is 19.4 Å². The van der Waals surface area contributed by atoms with Crippen LogP contribution in [0.2, 0.25) is 0 Å². The summed E-state index contributed by atoms with van der Waals surface area (Å²) in [6.45, 7) is 0.390. The van der Waals surface area contributed by atoms with Crippen LogP contribution in [0.4, 0.5) is 0 Å². The van der Waals surface area contributed by atoms with Gasteiger partial charge in [0.25, 0.3) is 5.91 Å². The molecule has 1 amide bonds. The molecule has 0 atom stereocenters. The highest BCUT2D eigenvalue weighted by molar-refractivity contribution is 9.10. The number of hydrogen-bond donors (Lipinski definition) is 0. The van der Waals surface area contributed by atoms with Crippen molar-refractivity contribution < 1.29 is 9.21 Å². The van der Waals surface area contributed by atoms with Crippen LogP contribution < -0.4 is 0 Å². The first-order chi connectivity index (χ1) is 8.16. The van der Waals surface area contributed by atoms with Crippen molar-refractivity contribution in [1.82, 2.24) is 14.9 Å². The SMILES string of the molecule is CN(Cc1ccc(Br)o1)C(=O)c1cnccn1. The number of aromatic nitrogens is 2. The predicted molar refractivity (Wildman–Crippen MR) is 64.2 cm³/mol. The van der Waals surface area contributed by atoms with Crippen LogP contribution in [-0.4, -0.2) is 27.8 Å². The van der Waals surface area contributed by atoms with E-state index in [1.54, 1.807) is 13.1 Å². The molecule has 0 radical (unpaired) electrons. The highest BCUT2D eigenvalue weighted by atomic mass is 79.9. The molecule has 0 aliphatic heterocycles. The van der Waals surface area contributed by atoms with E-state index in [2.05, 4.69) is 25.9 Å². The Morgan fingerprint density at radius 3 is 2.88 bits per heavy atom. The van der Waals surface area contributed by atoms with E-state index in [9.17, 15) is 4.79 Å². The van der Waals surface area contributed by atoms with Gasteiger partial charge in [0.1, 0.15) is 11.5 Å². The van der Waals surface area contributed by atoms with Crippen molar-refractivity contribution >= 4 is 21.8 Å². The van der Waals surface area contributed by atoms with Crippen LogP contribution in [0.5, 0.6) is 0 Å². The lowest BCUT2D eigenvalue weighted by atomic mass is 10.3. The number of rotatable bonds is 3. The van der Waals surface area contributed by atoms with Gasteiger partial charge in [-0.25, -0.2) is 4.98 Å². The van der Waals surface area contributed by atoms with Gasteiger partial charge in [0.2, 0.25) is 0 Å². The second kappa shape index (κ2) is 5.09. The maximum atomic E-state index is 11.9. The van der Waals surface area contributed by atoms with E-state index in [1.807, 2.05) is 6.07 Å². The molecule has 0 aliphatic carbocycles. The molecule has 0 bridgehead atoms. The molecule has 0 aliphatic rings. The Labute approximate surface area is 107 Å². The highest BCUT2D eigenvalue weighted by Gasteiger charge is 2.14. The summed E-state index contributed by atoms with van der Waals surface area (Å²) in [5.74, 6) is 0.516. The Hall–Kier alpha value is -1.69. The maximum Gasteiger partial charge on any atom is 0.274 e. The van der Waals surface area contributed by atoms with E-state index < -0.39 is 0 Å². The molecule has 2 heterocycles. The lowest BCUT2D eigenvalue weighted by molar-refractivity contribution is 0.0768. The molecule has 2 rings (SSSR count). The largest absolute Gasteiger partial charge is 0.452 e. The second-order valence-electron chi connectivity index (χ2n) is 3.46. The Morgan fingerprint density at radius 2 is 2.29 bits per heavy atom. The summed E-state index contributed by atoms with van der Waals surface area (Å²) in [4.78, 5) is 21.3. The Balaban J connectivity index is 2.06. The molecule has 0 N–H and O–H groups in total. The van der Waals surface area contributed by atoms with Crippen LogP contribution in [0.25, 0.3) is 0 Å². The van der Waals surface area contributed by atoms with E-state index in [-0.39, 0.29) is 5.91 Å². The summed E-state index contributed by atoms with van der Waals surface area (Å²) in [5.41, 5.74) is 0.320. The van der Waals surface area contributed by atoms with Crippen LogP contribution in [0.3, 0.4) is 0 Å². The van der Waals surface area contributed by atoms with Crippen LogP contribution >= 0.6 is 15.9 Å². The van der Waals surface area contributed by atoms with E-state index in [0.717, 1.165) is 0 Å². The maximum absolute atomic E-state index is 11.9. The number of nitrogens with zero attached hydrogens (tertiary/aromatic N) is 3. The number of halogens is 1. The first kappa shape index (κ1) is 11.8. The average molecular weight is 296 g/mol. The van der Waals surface area contributed by atoms with Crippen LogP contribution in [-0.2, 0) is 6.54 Å². The third-order valence-electron chi connectivity index (χ3n) is 2.15. The number of carbonyl (C=O) groups is 1. The fourth-order valence-corrected chi connectivity index (χ4v) is 1.69. The lowest BCUT2D eigenvalue weighted by Crippen LogP contribution is -2.26. The minimum Gasteiger partial charge on any atom is -0.452 e. The fourth-order valence-electron chi connectivity index (χ4n) is 1.35. The van der Waals surface area contributed by atoms with Gasteiger partial charge in [-0.2, -0.15) is 0 Å². The molecule has 0 aromatic carbocycles. The van der Waals surface area contributed by atoms with Gasteiger partial charge in [0.15, 0.2) is 4.67 Å². The molecule has 2 aromatic heterocycles. The number of hydrogen-bond acceptors (Lipinski definition) is 4. The lowest BCUT2D eigenvalue weighted by Gasteiger charge is -2.14. The van der Waals surface area contributed by atoms with Gasteiger partial charge in [-0.1, -0.05) is 0 Å². The van der Waals surface area contributed by atoms with Crippen LogP contribution in [0, 0.1) is 0 Å². The van der Waals surface area contributed by atoms with Crippen LogP contribution in [0.1, 0.15) is 16.2 Å². The quantitative estimate of drug-likeness (QED) is 0.870. The molecule has 6 heteroatoms. The monoisotopic (exact) mass is 295 g/mol. The van der Waals surface area contributed by atoms with Crippen molar-refractivity contribution in [3.63, 3.8) is 0 Å². The number of amides is 1. The molecule has 17 heavy (non-hydrogen) atoms. The molecule has 5 nitrogen and oxygen atoms in total. The molecule has 0 saturated heterocycles. The smallest absolute Gasteiger partial charge is 0.274 e. The minimum absolute atomic E-state index is 0.189. The molecular formula is C11H10BrN3O2. The van der Waals surface area contributed by atoms with Crippen molar-refractivity contribution in [2.75, 3.05) is 7.05 Å². The molecule has 0 spiro atoms. The normalized spacial score (nSPS) is 10.2. The second-order valence-corrected chi connectivity index (χ2v) is 4.24. The van der Waals surface area contributed by atoms with Gasteiger partial charge in [-0.15, -0.1) is 0 Å². The van der Waals surface area contributed by atoms with Crippen molar-refractivity contribution in [1.29, 1.82) is 0 Å². The van der Waals surface area contributed by atoms with Crippen LogP contribution in [0.15, 0.2) is 39.8 Å². The van der Waals surface area contributed by atoms with Crippen molar-refractivity contribution in [3.8, 4) is 0 Å². The molecule has 0 unspecified atom stereocenters. The van der Waals surface area contributed by atoms with Gasteiger partial charge in [-0.05, 0) is 28.1 Å². The topological polar surface area (TPSA) is 59.2 Å². The van der Waals surface area contributed by atoms with Gasteiger partial charge in [-0.3, -0.25) is 9.78 Å². The zero-order valence-corrected chi connectivity index (χ0v) is 10.7. The van der Waals surface area contributed by atoms with Gasteiger partial charge < -0.3 is 9.32 Å². The van der Waals surface area contributed by atoms with E-state index in [1.165, 1.54) is 23.5 Å². The summed E-state index contributed by atoms with van der Waals surface area (Å²) >= 11 is 3.21. The van der Waals surface area contributed by atoms with Crippen molar-refractivity contribution in [2.45, 2.75) is 6.54 Å². The zero-order valence-electron chi connectivity index (χ0n) is 9.13. The molecule has 88 valence electrons. The van der Waals surface area contributed by atoms with Gasteiger partial charge >= 0.3 is 0 Å². The summed E-state index contributed by atoms with van der Waals surface area (Å²) < 4.78 is 5.97. The number of furan rings is 1. The number of carbonyl (C=O) groups excluding carboxylic acids is 1. The molecule has 2 aromatic rings. The van der Waals surface area contributed by atoms with E-state index in [4.69, 9.17) is 4.42 Å². The molecular weight excluding hydrogens is 286 g/mol. The van der Waals surface area contributed by atoms with Crippen molar-refractivity contribution in [3.05, 3.63) is 46.8 Å². The first-order valence-electron chi connectivity index (χ1n) is 4.92. The highest BCUT2D eigenvalue weighted by Crippen LogP contribution is 2.15. The fraction of sp³-hybridized carbons (Fsp3) is 0.182. The van der Waals surface area contributed by atoms with Crippen molar-refractivity contribution in [2.24, 2.45) is 0 Å². The first-order valence-corrected chi connectivity index (χ1v) is 5.72. The predicted octanol–water partition coefficient (Wildman–Crippen LogP) is 2.10. The standard InChI is InChI=1S/C11H10BrN3O2/c1-15(7-8-2-3-10(12)17-8)11(16)9-6-13-4-5-14-9/h2-6H,7H2,1H3. The summed E-state index contributed by atoms with van der Waals surface area (Å²) in [7, 11) is 1.69.